The van der Waals surface area contributed by atoms with E-state index in [1.807, 2.05) is 0 Å². The third-order valence-electron chi connectivity index (χ3n) is 3.82. The summed E-state index contributed by atoms with van der Waals surface area (Å²) in [7, 11) is 1.42. The molecule has 1 N–H and O–H groups in total. The number of hydrogen-bond donors (Lipinski definition) is 1. The summed E-state index contributed by atoms with van der Waals surface area (Å²) in [6, 6.07) is 0. The molecule has 4 heteroatoms. The second-order valence-electron chi connectivity index (χ2n) is 4.95. The van der Waals surface area contributed by atoms with Crippen molar-refractivity contribution in [1.82, 2.24) is 0 Å². The van der Waals surface area contributed by atoms with Gasteiger partial charge in [0.15, 0.2) is 0 Å². The van der Waals surface area contributed by atoms with Crippen LogP contribution in [-0.4, -0.2) is 38.0 Å². The van der Waals surface area contributed by atoms with Crippen LogP contribution in [0.25, 0.3) is 0 Å². The van der Waals surface area contributed by atoms with Gasteiger partial charge in [-0.1, -0.05) is 6.42 Å². The zero-order chi connectivity index (χ0) is 10.9. The van der Waals surface area contributed by atoms with Crippen LogP contribution in [0.4, 0.5) is 0 Å². The molecule has 1 aliphatic carbocycles. The van der Waals surface area contributed by atoms with Crippen molar-refractivity contribution in [2.75, 3.05) is 26.9 Å². The molecule has 0 aromatic carbocycles. The van der Waals surface area contributed by atoms with Crippen LogP contribution < -0.4 is 0 Å². The third-order valence-corrected chi connectivity index (χ3v) is 3.82. The Morgan fingerprint density at radius 2 is 2.27 bits per heavy atom. The van der Waals surface area contributed by atoms with Gasteiger partial charge >= 0.3 is 5.97 Å². The summed E-state index contributed by atoms with van der Waals surface area (Å²) in [6.07, 6.45) is 3.45. The van der Waals surface area contributed by atoms with Crippen LogP contribution in [0.3, 0.4) is 0 Å². The number of rotatable bonds is 2. The molecule has 1 aliphatic heterocycles. The molecule has 1 saturated heterocycles. The fourth-order valence-corrected chi connectivity index (χ4v) is 3.04. The molecule has 0 radical (unpaired) electrons. The van der Waals surface area contributed by atoms with E-state index in [9.17, 15) is 9.90 Å². The molecule has 4 nitrogen and oxygen atoms in total. The lowest BCUT2D eigenvalue weighted by molar-refractivity contribution is -0.183. The second kappa shape index (κ2) is 3.76. The van der Waals surface area contributed by atoms with Gasteiger partial charge in [0.05, 0.1) is 32.3 Å². The van der Waals surface area contributed by atoms with Crippen LogP contribution in [0.15, 0.2) is 0 Å². The Balaban J connectivity index is 2.22. The molecule has 1 saturated carbocycles. The molecule has 2 bridgehead atoms. The van der Waals surface area contributed by atoms with Crippen LogP contribution in [-0.2, 0) is 14.3 Å². The highest BCUT2D eigenvalue weighted by Gasteiger charge is 2.53. The standard InChI is InChI=1S/C11H18O4/c1-14-9(13)11-4-2-3-10(5-11,6-12)7-15-8-11/h12H,2-8H2,1H3. The molecule has 2 aliphatic rings. The van der Waals surface area contributed by atoms with Crippen LogP contribution in [0.1, 0.15) is 25.7 Å². The van der Waals surface area contributed by atoms with E-state index in [-0.39, 0.29) is 18.0 Å². The molecule has 0 aromatic heterocycles. The first-order valence-corrected chi connectivity index (χ1v) is 5.43. The van der Waals surface area contributed by atoms with E-state index in [0.717, 1.165) is 19.3 Å². The predicted octanol–water partition coefficient (Wildman–Crippen LogP) is 0.729. The Morgan fingerprint density at radius 1 is 1.47 bits per heavy atom. The average Bonchev–Trinajstić information content (AvgIpc) is 2.28. The number of hydrogen-bond acceptors (Lipinski definition) is 4. The number of methoxy groups -OCH3 is 1. The molecule has 2 fully saturated rings. The van der Waals surface area contributed by atoms with Gasteiger partial charge in [-0.15, -0.1) is 0 Å². The van der Waals surface area contributed by atoms with Crippen molar-refractivity contribution in [1.29, 1.82) is 0 Å². The number of aliphatic hydroxyl groups is 1. The fraction of sp³-hybridized carbons (Fsp3) is 0.909. The predicted molar refractivity (Wildman–Crippen MR) is 53.3 cm³/mol. The van der Waals surface area contributed by atoms with Crippen LogP contribution in [0.5, 0.6) is 0 Å². The van der Waals surface area contributed by atoms with E-state index in [1.165, 1.54) is 7.11 Å². The maximum Gasteiger partial charge on any atom is 0.314 e. The van der Waals surface area contributed by atoms with E-state index in [4.69, 9.17) is 9.47 Å². The first-order valence-electron chi connectivity index (χ1n) is 5.43. The summed E-state index contributed by atoms with van der Waals surface area (Å²) in [5.74, 6) is -0.181. The maximum atomic E-state index is 11.8. The quantitative estimate of drug-likeness (QED) is 0.688. The monoisotopic (exact) mass is 214 g/mol. The minimum Gasteiger partial charge on any atom is -0.469 e. The van der Waals surface area contributed by atoms with E-state index < -0.39 is 5.41 Å². The van der Waals surface area contributed by atoms with Crippen molar-refractivity contribution in [2.45, 2.75) is 25.7 Å². The number of esters is 1. The van der Waals surface area contributed by atoms with Crippen molar-refractivity contribution >= 4 is 5.97 Å². The number of ether oxygens (including phenoxy) is 2. The minimum absolute atomic E-state index is 0.103. The van der Waals surface area contributed by atoms with Gasteiger partial charge in [0.25, 0.3) is 0 Å². The highest BCUT2D eigenvalue weighted by atomic mass is 16.5. The van der Waals surface area contributed by atoms with Gasteiger partial charge in [0, 0.05) is 5.41 Å². The van der Waals surface area contributed by atoms with E-state index >= 15 is 0 Å². The molecular weight excluding hydrogens is 196 g/mol. The summed E-state index contributed by atoms with van der Waals surface area (Å²) in [5, 5.41) is 9.43. The lowest BCUT2D eigenvalue weighted by atomic mass is 9.61. The SMILES string of the molecule is COC(=O)C12CCCC(CO)(COC1)C2. The summed E-state index contributed by atoms with van der Waals surface area (Å²) in [5.41, 5.74) is -0.696. The van der Waals surface area contributed by atoms with Crippen molar-refractivity contribution in [3.05, 3.63) is 0 Å². The van der Waals surface area contributed by atoms with Gasteiger partial charge in [-0.25, -0.2) is 0 Å². The highest BCUT2D eigenvalue weighted by Crippen LogP contribution is 2.50. The van der Waals surface area contributed by atoms with E-state index in [2.05, 4.69) is 0 Å². The van der Waals surface area contributed by atoms with Gasteiger partial charge in [-0.2, -0.15) is 0 Å². The second-order valence-corrected chi connectivity index (χ2v) is 4.95. The van der Waals surface area contributed by atoms with Crippen molar-refractivity contribution in [3.8, 4) is 0 Å². The Bertz CT molecular complexity index is 251. The maximum absolute atomic E-state index is 11.8. The number of carbonyl (C=O) groups is 1. The topological polar surface area (TPSA) is 55.8 Å². The largest absolute Gasteiger partial charge is 0.469 e. The molecule has 2 atom stereocenters. The summed E-state index contributed by atoms with van der Waals surface area (Å²) < 4.78 is 10.4. The Kier molecular flexibility index (Phi) is 2.73. The Hall–Kier alpha value is -0.610. The molecule has 0 amide bonds. The summed E-state index contributed by atoms with van der Waals surface area (Å²) >= 11 is 0. The number of aliphatic hydroxyl groups excluding tert-OH is 1. The molecule has 2 rings (SSSR count). The number of fused-ring (bicyclic) bond motifs is 2. The van der Waals surface area contributed by atoms with Crippen LogP contribution in [0, 0.1) is 10.8 Å². The fourth-order valence-electron chi connectivity index (χ4n) is 3.04. The van der Waals surface area contributed by atoms with Crippen molar-refractivity contribution in [3.63, 3.8) is 0 Å². The first-order chi connectivity index (χ1) is 7.16. The Morgan fingerprint density at radius 3 is 2.93 bits per heavy atom. The van der Waals surface area contributed by atoms with Gasteiger partial charge in [0.1, 0.15) is 0 Å². The zero-order valence-corrected chi connectivity index (χ0v) is 9.12. The van der Waals surface area contributed by atoms with Gasteiger partial charge in [0.2, 0.25) is 0 Å². The lowest BCUT2D eigenvalue weighted by Crippen LogP contribution is -2.52. The zero-order valence-electron chi connectivity index (χ0n) is 9.12. The van der Waals surface area contributed by atoms with E-state index in [1.54, 1.807) is 0 Å². The molecular formula is C11H18O4. The normalized spacial score (nSPS) is 39.9. The van der Waals surface area contributed by atoms with Crippen LogP contribution in [0.2, 0.25) is 0 Å². The molecule has 15 heavy (non-hydrogen) atoms. The average molecular weight is 214 g/mol. The molecule has 0 spiro atoms. The van der Waals surface area contributed by atoms with E-state index in [0.29, 0.717) is 19.6 Å². The van der Waals surface area contributed by atoms with Crippen molar-refractivity contribution < 1.29 is 19.4 Å². The highest BCUT2D eigenvalue weighted by molar-refractivity contribution is 5.77. The summed E-state index contributed by atoms with van der Waals surface area (Å²) in [4.78, 5) is 11.8. The Labute approximate surface area is 89.6 Å². The van der Waals surface area contributed by atoms with Crippen molar-refractivity contribution in [2.24, 2.45) is 10.8 Å². The van der Waals surface area contributed by atoms with Gasteiger partial charge in [-0.05, 0) is 19.3 Å². The molecule has 1 heterocycles. The van der Waals surface area contributed by atoms with Crippen LogP contribution >= 0.6 is 0 Å². The minimum atomic E-state index is -0.492. The van der Waals surface area contributed by atoms with Gasteiger partial charge in [-0.3, -0.25) is 4.79 Å². The lowest BCUT2D eigenvalue weighted by Gasteiger charge is -2.49. The third kappa shape index (κ3) is 1.66. The van der Waals surface area contributed by atoms with Gasteiger partial charge < -0.3 is 14.6 Å². The molecule has 2 unspecified atom stereocenters. The summed E-state index contributed by atoms with van der Waals surface area (Å²) in [6.45, 7) is 1.12. The molecule has 86 valence electrons. The number of carbonyl (C=O) groups excluding carboxylic acids is 1. The smallest absolute Gasteiger partial charge is 0.314 e. The molecule has 0 aromatic rings. The first kappa shape index (κ1) is 10.9.